The van der Waals surface area contributed by atoms with E-state index in [1.165, 1.54) is 25.4 Å². The largest absolute Gasteiger partial charge is 0.483 e. The van der Waals surface area contributed by atoms with Crippen LogP contribution in [0.15, 0.2) is 79.3 Å². The predicted molar refractivity (Wildman–Crippen MR) is 143 cm³/mol. The van der Waals surface area contributed by atoms with Crippen molar-refractivity contribution in [2.24, 2.45) is 7.05 Å². The maximum absolute atomic E-state index is 12.8. The normalized spacial score (nSPS) is 11.3. The number of aromatic nitrogens is 4. The number of carbonyl (C=O) groups excluding carboxylic acids is 1. The predicted octanol–water partition coefficient (Wildman–Crippen LogP) is 5.87. The molecule has 0 radical (unpaired) electrons. The van der Waals surface area contributed by atoms with Crippen LogP contribution in [0, 0.1) is 0 Å². The number of anilines is 2. The molecule has 0 fully saturated rings. The van der Waals surface area contributed by atoms with Crippen LogP contribution in [0.5, 0.6) is 17.2 Å². The molecule has 204 valence electrons. The third-order valence-electron chi connectivity index (χ3n) is 5.88. The molecule has 0 aliphatic heterocycles. The van der Waals surface area contributed by atoms with Crippen molar-refractivity contribution in [3.8, 4) is 28.4 Å². The van der Waals surface area contributed by atoms with E-state index in [0.29, 0.717) is 39.8 Å². The molecule has 12 heteroatoms. The lowest BCUT2D eigenvalue weighted by Crippen LogP contribution is -2.19. The van der Waals surface area contributed by atoms with E-state index in [9.17, 15) is 18.0 Å². The molecule has 0 spiro atoms. The molecule has 0 saturated heterocycles. The third-order valence-corrected chi connectivity index (χ3v) is 5.88. The average Bonchev–Trinajstić information content (AvgIpc) is 3.25. The summed E-state index contributed by atoms with van der Waals surface area (Å²) in [6, 6.07) is 16.8. The van der Waals surface area contributed by atoms with E-state index in [0.717, 1.165) is 5.52 Å². The maximum Gasteiger partial charge on any atom is 0.422 e. The number of carbonyl (C=O) groups is 1. The first-order valence-corrected chi connectivity index (χ1v) is 12.0. The van der Waals surface area contributed by atoms with E-state index in [1.807, 2.05) is 17.7 Å². The molecule has 0 aliphatic rings. The molecule has 3 aromatic heterocycles. The zero-order valence-electron chi connectivity index (χ0n) is 21.4. The van der Waals surface area contributed by atoms with E-state index in [-0.39, 0.29) is 17.4 Å². The number of amides is 1. The second-order valence-electron chi connectivity index (χ2n) is 8.68. The molecule has 40 heavy (non-hydrogen) atoms. The van der Waals surface area contributed by atoms with Crippen molar-refractivity contribution in [2.45, 2.75) is 6.18 Å². The summed E-state index contributed by atoms with van der Waals surface area (Å²) in [5.74, 6) is 1.21. The van der Waals surface area contributed by atoms with Gasteiger partial charge in [0.2, 0.25) is 5.95 Å². The van der Waals surface area contributed by atoms with E-state index in [2.05, 4.69) is 25.6 Å². The quantitative estimate of drug-likeness (QED) is 0.250. The highest BCUT2D eigenvalue weighted by atomic mass is 19.4. The minimum atomic E-state index is -4.47. The van der Waals surface area contributed by atoms with Gasteiger partial charge in [-0.3, -0.25) is 14.8 Å². The Bertz CT molecular complexity index is 1670. The van der Waals surface area contributed by atoms with Gasteiger partial charge in [0, 0.05) is 61.6 Å². The number of fused-ring (bicyclic) bond motifs is 1. The number of hydrogen-bond donors (Lipinski definition) is 2. The van der Waals surface area contributed by atoms with Crippen LogP contribution >= 0.6 is 0 Å². The van der Waals surface area contributed by atoms with Gasteiger partial charge in [-0.1, -0.05) is 6.07 Å². The first-order valence-electron chi connectivity index (χ1n) is 12.0. The van der Waals surface area contributed by atoms with Crippen LogP contribution in [0.25, 0.3) is 22.2 Å². The average molecular weight is 549 g/mol. The van der Waals surface area contributed by atoms with Crippen molar-refractivity contribution in [1.29, 1.82) is 0 Å². The lowest BCUT2D eigenvalue weighted by Gasteiger charge is -2.15. The smallest absolute Gasteiger partial charge is 0.422 e. The number of halogens is 3. The molecule has 0 bridgehead atoms. The fourth-order valence-corrected chi connectivity index (χ4v) is 3.99. The molecular formula is C28H23F3N6O3. The van der Waals surface area contributed by atoms with Crippen molar-refractivity contribution in [3.05, 3.63) is 84.9 Å². The molecule has 5 aromatic rings. The zero-order valence-corrected chi connectivity index (χ0v) is 21.4. The minimum absolute atomic E-state index is 0.0818. The van der Waals surface area contributed by atoms with Gasteiger partial charge in [-0.05, 0) is 42.5 Å². The molecule has 0 saturated carbocycles. The summed E-state index contributed by atoms with van der Waals surface area (Å²) in [5, 5.41) is 5.75. The second kappa shape index (κ2) is 10.9. The Labute approximate surface area is 226 Å². The van der Waals surface area contributed by atoms with Gasteiger partial charge in [-0.2, -0.15) is 13.2 Å². The SMILES string of the molecule is CNC(=O)c1cc(Oc2ccc3c(c2)nc(Nc2ccc(OCC(F)(F)F)c(-c4cccnc4)c2)n3C)ccn1. The first kappa shape index (κ1) is 26.5. The lowest BCUT2D eigenvalue weighted by molar-refractivity contribution is -0.153. The van der Waals surface area contributed by atoms with Crippen molar-refractivity contribution in [2.75, 3.05) is 19.0 Å². The van der Waals surface area contributed by atoms with Crippen molar-refractivity contribution < 1.29 is 27.4 Å². The Hall–Kier alpha value is -5.13. The highest BCUT2D eigenvalue weighted by Crippen LogP contribution is 2.35. The number of rotatable bonds is 8. The van der Waals surface area contributed by atoms with Crippen molar-refractivity contribution in [3.63, 3.8) is 0 Å². The van der Waals surface area contributed by atoms with Crippen LogP contribution in [0.1, 0.15) is 10.5 Å². The number of alkyl halides is 3. The standard InChI is InChI=1S/C28H23F3N6O3/c1-32-26(38)23-14-20(9-11-34-23)40-19-6-7-24-22(13-19)36-27(37(24)2)35-18-5-8-25(39-16-28(29,30)31)21(12-18)17-4-3-10-33-15-17/h3-15H,16H2,1-2H3,(H,32,38)(H,35,36). The molecule has 2 N–H and O–H groups in total. The number of pyridine rings is 2. The number of imidazole rings is 1. The van der Waals surface area contributed by atoms with Crippen LogP contribution in [0.3, 0.4) is 0 Å². The van der Waals surface area contributed by atoms with Gasteiger partial charge < -0.3 is 24.7 Å². The van der Waals surface area contributed by atoms with Gasteiger partial charge in [0.05, 0.1) is 11.0 Å². The van der Waals surface area contributed by atoms with Gasteiger partial charge in [-0.25, -0.2) is 4.98 Å². The highest BCUT2D eigenvalue weighted by molar-refractivity contribution is 5.92. The Morgan fingerprint density at radius 3 is 2.60 bits per heavy atom. The van der Waals surface area contributed by atoms with Gasteiger partial charge in [0.1, 0.15) is 22.9 Å². The number of aryl methyl sites for hydroxylation is 1. The van der Waals surface area contributed by atoms with E-state index >= 15 is 0 Å². The Balaban J connectivity index is 1.41. The number of ether oxygens (including phenoxy) is 2. The summed E-state index contributed by atoms with van der Waals surface area (Å²) in [4.78, 5) is 24.6. The monoisotopic (exact) mass is 548 g/mol. The minimum Gasteiger partial charge on any atom is -0.483 e. The van der Waals surface area contributed by atoms with Gasteiger partial charge in [0.15, 0.2) is 6.61 Å². The van der Waals surface area contributed by atoms with Crippen LogP contribution in [-0.4, -0.2) is 45.3 Å². The summed E-state index contributed by atoms with van der Waals surface area (Å²) in [5.41, 5.74) is 3.32. The zero-order chi connectivity index (χ0) is 28.3. The van der Waals surface area contributed by atoms with E-state index < -0.39 is 12.8 Å². The van der Waals surface area contributed by atoms with Crippen LogP contribution < -0.4 is 20.1 Å². The number of hydrogen-bond acceptors (Lipinski definition) is 7. The second-order valence-corrected chi connectivity index (χ2v) is 8.68. The van der Waals surface area contributed by atoms with Gasteiger partial charge in [0.25, 0.3) is 5.91 Å². The molecule has 5 rings (SSSR count). The highest BCUT2D eigenvalue weighted by Gasteiger charge is 2.29. The summed E-state index contributed by atoms with van der Waals surface area (Å²) >= 11 is 0. The molecule has 0 aliphatic carbocycles. The van der Waals surface area contributed by atoms with Gasteiger partial charge >= 0.3 is 6.18 Å². The fraction of sp³-hybridized carbons (Fsp3) is 0.143. The molecule has 3 heterocycles. The molecule has 0 unspecified atom stereocenters. The van der Waals surface area contributed by atoms with Crippen LogP contribution in [-0.2, 0) is 7.05 Å². The molecule has 9 nitrogen and oxygen atoms in total. The van der Waals surface area contributed by atoms with Gasteiger partial charge in [-0.15, -0.1) is 0 Å². The van der Waals surface area contributed by atoms with E-state index in [1.54, 1.807) is 54.9 Å². The topological polar surface area (TPSA) is 103 Å². The Morgan fingerprint density at radius 2 is 1.85 bits per heavy atom. The van der Waals surface area contributed by atoms with E-state index in [4.69, 9.17) is 9.47 Å². The Morgan fingerprint density at radius 1 is 1.02 bits per heavy atom. The summed E-state index contributed by atoms with van der Waals surface area (Å²) in [6.45, 7) is -1.41. The number of nitrogens with one attached hydrogen (secondary N) is 2. The van der Waals surface area contributed by atoms with Crippen molar-refractivity contribution in [1.82, 2.24) is 24.8 Å². The van der Waals surface area contributed by atoms with Crippen molar-refractivity contribution >= 4 is 28.6 Å². The van der Waals surface area contributed by atoms with Crippen LogP contribution in [0.4, 0.5) is 24.8 Å². The summed E-state index contributed by atoms with van der Waals surface area (Å²) in [6.07, 6.45) is 0.147. The molecule has 1 amide bonds. The maximum atomic E-state index is 12.8. The molecular weight excluding hydrogens is 525 g/mol. The number of benzene rings is 2. The lowest BCUT2D eigenvalue weighted by atomic mass is 10.1. The molecule has 2 aromatic carbocycles. The summed E-state index contributed by atoms with van der Waals surface area (Å²) in [7, 11) is 3.35. The Kier molecular flexibility index (Phi) is 7.23. The van der Waals surface area contributed by atoms with Crippen LogP contribution in [0.2, 0.25) is 0 Å². The molecule has 0 atom stereocenters. The fourth-order valence-electron chi connectivity index (χ4n) is 3.99. The summed E-state index contributed by atoms with van der Waals surface area (Å²) < 4.78 is 51.3. The third kappa shape index (κ3) is 5.96. The number of nitrogens with zero attached hydrogens (tertiary/aromatic N) is 4. The first-order chi connectivity index (χ1) is 19.2.